The molecule has 1 amide bonds. The second-order valence-corrected chi connectivity index (χ2v) is 5.03. The fourth-order valence-electron chi connectivity index (χ4n) is 1.84. The van der Waals surface area contributed by atoms with Gasteiger partial charge in [-0.15, -0.1) is 0 Å². The van der Waals surface area contributed by atoms with Gasteiger partial charge in [0.1, 0.15) is 0 Å². The summed E-state index contributed by atoms with van der Waals surface area (Å²) in [6.07, 6.45) is 0.425. The molecule has 0 saturated carbocycles. The average Bonchev–Trinajstić information content (AvgIpc) is 2.97. The fraction of sp³-hybridized carbons (Fsp3) is 0.400. The first-order valence-electron chi connectivity index (χ1n) is 5.25. The summed E-state index contributed by atoms with van der Waals surface area (Å²) in [6.45, 7) is 0.543. The second-order valence-electron chi connectivity index (χ2n) is 3.97. The number of hydrogen-bond acceptors (Lipinski definition) is 5. The Hall–Kier alpha value is -1.96. The summed E-state index contributed by atoms with van der Waals surface area (Å²) in [5, 5.41) is 19.3. The summed E-state index contributed by atoms with van der Waals surface area (Å²) in [4.78, 5) is 34.4. The van der Waals surface area contributed by atoms with Crippen LogP contribution in [0.5, 0.6) is 0 Å². The first kappa shape index (κ1) is 12.5. The molecular formula is C10H10N2O5S. The van der Waals surface area contributed by atoms with Crippen molar-refractivity contribution in [2.75, 3.05) is 13.1 Å². The Labute approximate surface area is 106 Å². The highest BCUT2D eigenvalue weighted by Gasteiger charge is 2.32. The largest absolute Gasteiger partial charge is 0.481 e. The number of hydrogen-bond donors (Lipinski definition) is 1. The van der Waals surface area contributed by atoms with Crippen LogP contribution in [0.4, 0.5) is 5.00 Å². The van der Waals surface area contributed by atoms with Crippen LogP contribution in [0.3, 0.4) is 0 Å². The second kappa shape index (κ2) is 4.73. The fourth-order valence-corrected chi connectivity index (χ4v) is 2.63. The number of carboxylic acid groups (broad SMARTS) is 1. The Balaban J connectivity index is 2.08. The lowest BCUT2D eigenvalue weighted by molar-refractivity contribution is -0.380. The van der Waals surface area contributed by atoms with Crippen molar-refractivity contribution in [3.05, 3.63) is 27.1 Å². The van der Waals surface area contributed by atoms with E-state index in [-0.39, 0.29) is 22.3 Å². The molecule has 0 bridgehead atoms. The average molecular weight is 270 g/mol. The molecular weight excluding hydrogens is 260 g/mol. The number of thiophene rings is 1. The zero-order chi connectivity index (χ0) is 13.3. The number of rotatable bonds is 3. The molecule has 0 aromatic carbocycles. The Bertz CT molecular complexity index is 512. The number of carbonyl (C=O) groups excluding carboxylic acids is 1. The van der Waals surface area contributed by atoms with Gasteiger partial charge in [-0.2, -0.15) is 0 Å². The molecule has 7 nitrogen and oxygen atoms in total. The van der Waals surface area contributed by atoms with E-state index in [0.29, 0.717) is 13.0 Å². The minimum atomic E-state index is -0.914. The van der Waals surface area contributed by atoms with E-state index < -0.39 is 16.8 Å². The van der Waals surface area contributed by atoms with Crippen LogP contribution >= 0.6 is 11.3 Å². The number of amides is 1. The van der Waals surface area contributed by atoms with Crippen molar-refractivity contribution in [1.29, 1.82) is 0 Å². The van der Waals surface area contributed by atoms with Gasteiger partial charge in [0.2, 0.25) is 0 Å². The highest BCUT2D eigenvalue weighted by atomic mass is 32.1. The molecule has 1 unspecified atom stereocenters. The standard InChI is InChI=1S/C10H10N2O5S/c13-9(7-1-2-8(18-7)12(16)17)11-4-3-6(5-11)10(14)15/h1-2,6H,3-5H2,(H,14,15). The predicted octanol–water partition coefficient (Wildman–Crippen LogP) is 1.20. The molecule has 0 aliphatic carbocycles. The first-order valence-corrected chi connectivity index (χ1v) is 6.07. The zero-order valence-corrected chi connectivity index (χ0v) is 10.1. The van der Waals surface area contributed by atoms with Crippen LogP contribution < -0.4 is 0 Å². The van der Waals surface area contributed by atoms with Crippen molar-refractivity contribution in [2.45, 2.75) is 6.42 Å². The van der Waals surface area contributed by atoms with E-state index in [9.17, 15) is 19.7 Å². The normalized spacial score (nSPS) is 18.9. The highest BCUT2D eigenvalue weighted by molar-refractivity contribution is 7.17. The summed E-state index contributed by atoms with van der Waals surface area (Å²) >= 11 is 0.808. The van der Waals surface area contributed by atoms with Crippen molar-refractivity contribution >= 4 is 28.2 Å². The van der Waals surface area contributed by atoms with Crippen LogP contribution in [-0.4, -0.2) is 39.9 Å². The highest BCUT2D eigenvalue weighted by Crippen LogP contribution is 2.27. The Kier molecular flexibility index (Phi) is 3.28. The minimum Gasteiger partial charge on any atom is -0.481 e. The third-order valence-corrected chi connectivity index (χ3v) is 3.83. The first-order chi connectivity index (χ1) is 8.49. The quantitative estimate of drug-likeness (QED) is 0.657. The van der Waals surface area contributed by atoms with E-state index in [0.717, 1.165) is 11.3 Å². The van der Waals surface area contributed by atoms with Gasteiger partial charge in [0.05, 0.1) is 15.7 Å². The molecule has 1 aliphatic heterocycles. The third kappa shape index (κ3) is 2.33. The van der Waals surface area contributed by atoms with Gasteiger partial charge in [0.25, 0.3) is 5.91 Å². The topological polar surface area (TPSA) is 101 Å². The molecule has 18 heavy (non-hydrogen) atoms. The number of carboxylic acids is 1. The molecule has 1 saturated heterocycles. The van der Waals surface area contributed by atoms with E-state index in [1.165, 1.54) is 17.0 Å². The van der Waals surface area contributed by atoms with E-state index in [1.54, 1.807) is 0 Å². The van der Waals surface area contributed by atoms with Crippen molar-refractivity contribution in [3.8, 4) is 0 Å². The molecule has 96 valence electrons. The van der Waals surface area contributed by atoms with Gasteiger partial charge in [-0.05, 0) is 12.5 Å². The predicted molar refractivity (Wildman–Crippen MR) is 62.6 cm³/mol. The minimum absolute atomic E-state index is 0.0904. The lowest BCUT2D eigenvalue weighted by atomic mass is 10.1. The third-order valence-electron chi connectivity index (χ3n) is 2.81. The summed E-state index contributed by atoms with van der Waals surface area (Å²) in [5.74, 6) is -1.79. The van der Waals surface area contributed by atoms with E-state index in [2.05, 4.69) is 0 Å². The number of aliphatic carboxylic acids is 1. The molecule has 2 rings (SSSR count). The molecule has 2 heterocycles. The van der Waals surface area contributed by atoms with Gasteiger partial charge in [-0.3, -0.25) is 19.7 Å². The number of likely N-dealkylation sites (tertiary alicyclic amines) is 1. The van der Waals surface area contributed by atoms with Crippen LogP contribution in [0.1, 0.15) is 16.1 Å². The lowest BCUT2D eigenvalue weighted by Crippen LogP contribution is -2.29. The Morgan fingerprint density at radius 3 is 2.72 bits per heavy atom. The number of nitrogens with zero attached hydrogens (tertiary/aromatic N) is 2. The van der Waals surface area contributed by atoms with Crippen molar-refractivity contribution in [3.63, 3.8) is 0 Å². The van der Waals surface area contributed by atoms with E-state index in [1.807, 2.05) is 0 Å². The van der Waals surface area contributed by atoms with Crippen LogP contribution in [0.2, 0.25) is 0 Å². The van der Waals surface area contributed by atoms with Gasteiger partial charge < -0.3 is 10.0 Å². The Morgan fingerprint density at radius 2 is 2.22 bits per heavy atom. The summed E-state index contributed by atoms with van der Waals surface area (Å²) in [7, 11) is 0. The van der Waals surface area contributed by atoms with Crippen LogP contribution in [0.15, 0.2) is 12.1 Å². The van der Waals surface area contributed by atoms with E-state index in [4.69, 9.17) is 5.11 Å². The lowest BCUT2D eigenvalue weighted by Gasteiger charge is -2.13. The van der Waals surface area contributed by atoms with Gasteiger partial charge in [0, 0.05) is 19.2 Å². The summed E-state index contributed by atoms with van der Waals surface area (Å²) < 4.78 is 0. The summed E-state index contributed by atoms with van der Waals surface area (Å²) in [5.41, 5.74) is 0. The number of carbonyl (C=O) groups is 2. The zero-order valence-electron chi connectivity index (χ0n) is 9.24. The molecule has 1 fully saturated rings. The molecule has 1 aromatic heterocycles. The van der Waals surface area contributed by atoms with Crippen LogP contribution in [-0.2, 0) is 4.79 Å². The Morgan fingerprint density at radius 1 is 1.50 bits per heavy atom. The van der Waals surface area contributed by atoms with Gasteiger partial charge in [0.15, 0.2) is 0 Å². The van der Waals surface area contributed by atoms with Gasteiger partial charge in [-0.1, -0.05) is 11.3 Å². The SMILES string of the molecule is O=C(O)C1CCN(C(=O)c2ccc([N+](=O)[O-])s2)C1. The van der Waals surface area contributed by atoms with Gasteiger partial charge >= 0.3 is 11.0 Å². The van der Waals surface area contributed by atoms with Crippen molar-refractivity contribution in [2.24, 2.45) is 5.92 Å². The molecule has 1 aliphatic rings. The van der Waals surface area contributed by atoms with Crippen LogP contribution in [0.25, 0.3) is 0 Å². The van der Waals surface area contributed by atoms with E-state index >= 15 is 0 Å². The molecule has 1 N–H and O–H groups in total. The van der Waals surface area contributed by atoms with Crippen molar-refractivity contribution in [1.82, 2.24) is 4.90 Å². The maximum absolute atomic E-state index is 12.0. The van der Waals surface area contributed by atoms with Gasteiger partial charge in [-0.25, -0.2) is 0 Å². The smallest absolute Gasteiger partial charge is 0.324 e. The molecule has 8 heteroatoms. The van der Waals surface area contributed by atoms with Crippen molar-refractivity contribution < 1.29 is 19.6 Å². The maximum Gasteiger partial charge on any atom is 0.324 e. The molecule has 1 atom stereocenters. The molecule has 1 aromatic rings. The molecule has 0 radical (unpaired) electrons. The monoisotopic (exact) mass is 270 g/mol. The summed E-state index contributed by atoms with van der Waals surface area (Å²) in [6, 6.07) is 2.68. The number of nitro groups is 1. The molecule has 0 spiro atoms. The maximum atomic E-state index is 12.0. The van der Waals surface area contributed by atoms with Crippen LogP contribution in [0, 0.1) is 16.0 Å².